The van der Waals surface area contributed by atoms with Crippen LogP contribution in [0.2, 0.25) is 0 Å². The van der Waals surface area contributed by atoms with Gasteiger partial charge in [-0.05, 0) is 23.8 Å². The van der Waals surface area contributed by atoms with E-state index < -0.39 is 5.92 Å². The molecule has 0 unspecified atom stereocenters. The number of rotatable bonds is 5. The van der Waals surface area contributed by atoms with E-state index in [1.165, 1.54) is 0 Å². The summed E-state index contributed by atoms with van der Waals surface area (Å²) in [5.41, 5.74) is 7.92. The van der Waals surface area contributed by atoms with Gasteiger partial charge in [0.2, 0.25) is 12.7 Å². The second-order valence-corrected chi connectivity index (χ2v) is 6.18. The van der Waals surface area contributed by atoms with E-state index in [1.54, 1.807) is 25.3 Å². The van der Waals surface area contributed by atoms with E-state index in [0.717, 1.165) is 11.1 Å². The molecule has 1 atom stereocenters. The molecule has 2 heterocycles. The number of benzene rings is 2. The topological polar surface area (TPSA) is 96.0 Å². The molecule has 28 heavy (non-hydrogen) atoms. The summed E-state index contributed by atoms with van der Waals surface area (Å²) >= 11 is 0. The van der Waals surface area contributed by atoms with Crippen molar-refractivity contribution in [3.8, 4) is 34.8 Å². The first-order chi connectivity index (χ1) is 13.7. The van der Waals surface area contributed by atoms with Crippen molar-refractivity contribution in [1.82, 2.24) is 0 Å². The fourth-order valence-electron chi connectivity index (χ4n) is 3.32. The minimum absolute atomic E-state index is 0.0600. The Labute approximate surface area is 162 Å². The quantitative estimate of drug-likeness (QED) is 0.798. The molecular formula is C21H18N2O5. The SMILES string of the molecule is C=CCOc1ccc([C@H]2C(C#N)=C(N)Oc3cc4c(cc32)OCO4)cc1OC. The highest BCUT2D eigenvalue weighted by atomic mass is 16.7. The summed E-state index contributed by atoms with van der Waals surface area (Å²) in [6, 6.07) is 11.2. The predicted octanol–water partition coefficient (Wildman–Crippen LogP) is 3.21. The molecule has 2 aromatic carbocycles. The van der Waals surface area contributed by atoms with Crippen LogP contribution in [0.25, 0.3) is 0 Å². The molecule has 7 nitrogen and oxygen atoms in total. The Morgan fingerprint density at radius 3 is 2.71 bits per heavy atom. The van der Waals surface area contributed by atoms with Crippen LogP contribution in [0, 0.1) is 11.3 Å². The first kappa shape index (κ1) is 17.6. The molecular weight excluding hydrogens is 360 g/mol. The predicted molar refractivity (Wildman–Crippen MR) is 101 cm³/mol. The minimum Gasteiger partial charge on any atom is -0.493 e. The lowest BCUT2D eigenvalue weighted by atomic mass is 9.83. The fraction of sp³-hybridized carbons (Fsp3) is 0.190. The lowest BCUT2D eigenvalue weighted by Gasteiger charge is -2.27. The number of nitrogens with zero attached hydrogens (tertiary/aromatic N) is 1. The van der Waals surface area contributed by atoms with Crippen LogP contribution < -0.4 is 29.4 Å². The van der Waals surface area contributed by atoms with Crippen LogP contribution in [0.4, 0.5) is 0 Å². The van der Waals surface area contributed by atoms with E-state index in [2.05, 4.69) is 12.6 Å². The van der Waals surface area contributed by atoms with Crippen molar-refractivity contribution in [1.29, 1.82) is 5.26 Å². The zero-order chi connectivity index (χ0) is 19.7. The number of allylic oxidation sites excluding steroid dienone is 1. The highest BCUT2D eigenvalue weighted by Gasteiger charge is 2.33. The number of ether oxygens (including phenoxy) is 5. The van der Waals surface area contributed by atoms with Crippen molar-refractivity contribution in [2.45, 2.75) is 5.92 Å². The molecule has 0 spiro atoms. The third-order valence-corrected chi connectivity index (χ3v) is 4.59. The highest BCUT2D eigenvalue weighted by molar-refractivity contribution is 5.62. The Kier molecular flexibility index (Phi) is 4.45. The Bertz CT molecular complexity index is 1020. The number of fused-ring (bicyclic) bond motifs is 2. The zero-order valence-corrected chi connectivity index (χ0v) is 15.2. The summed E-state index contributed by atoms with van der Waals surface area (Å²) in [6.45, 7) is 4.14. The molecule has 2 aliphatic rings. The van der Waals surface area contributed by atoms with Crippen LogP contribution in [0.5, 0.6) is 28.7 Å². The summed E-state index contributed by atoms with van der Waals surface area (Å²) in [6.07, 6.45) is 1.65. The number of methoxy groups -OCH3 is 1. The smallest absolute Gasteiger partial charge is 0.231 e. The van der Waals surface area contributed by atoms with E-state index in [0.29, 0.717) is 40.9 Å². The van der Waals surface area contributed by atoms with Gasteiger partial charge in [0.1, 0.15) is 24.0 Å². The summed E-state index contributed by atoms with van der Waals surface area (Å²) in [5.74, 6) is 2.45. The van der Waals surface area contributed by atoms with Gasteiger partial charge in [-0.2, -0.15) is 5.26 Å². The molecule has 2 aliphatic heterocycles. The largest absolute Gasteiger partial charge is 0.493 e. The van der Waals surface area contributed by atoms with Crippen LogP contribution in [0.1, 0.15) is 17.0 Å². The lowest BCUT2D eigenvalue weighted by molar-refractivity contribution is 0.174. The number of nitrogens with two attached hydrogens (primary N) is 1. The zero-order valence-electron chi connectivity index (χ0n) is 15.2. The van der Waals surface area contributed by atoms with Gasteiger partial charge in [0.25, 0.3) is 0 Å². The van der Waals surface area contributed by atoms with Crippen LogP contribution >= 0.6 is 0 Å². The number of nitriles is 1. The van der Waals surface area contributed by atoms with E-state index in [1.807, 2.05) is 18.2 Å². The van der Waals surface area contributed by atoms with Gasteiger partial charge in [-0.1, -0.05) is 18.7 Å². The third-order valence-electron chi connectivity index (χ3n) is 4.59. The van der Waals surface area contributed by atoms with Crippen molar-refractivity contribution in [3.05, 3.63) is 65.6 Å². The molecule has 0 fully saturated rings. The summed E-state index contributed by atoms with van der Waals surface area (Å²) < 4.78 is 27.7. The van der Waals surface area contributed by atoms with Gasteiger partial charge in [0.05, 0.1) is 13.0 Å². The Morgan fingerprint density at radius 2 is 2.00 bits per heavy atom. The van der Waals surface area contributed by atoms with Crippen LogP contribution in [-0.4, -0.2) is 20.5 Å². The van der Waals surface area contributed by atoms with Crippen LogP contribution in [-0.2, 0) is 0 Å². The van der Waals surface area contributed by atoms with Gasteiger partial charge >= 0.3 is 0 Å². The van der Waals surface area contributed by atoms with Gasteiger partial charge < -0.3 is 29.4 Å². The average molecular weight is 378 g/mol. The second-order valence-electron chi connectivity index (χ2n) is 6.18. The molecule has 2 N–H and O–H groups in total. The molecule has 0 aromatic heterocycles. The third kappa shape index (κ3) is 2.85. The van der Waals surface area contributed by atoms with Gasteiger partial charge in [0, 0.05) is 11.6 Å². The Balaban J connectivity index is 1.84. The molecule has 0 saturated heterocycles. The van der Waals surface area contributed by atoms with Crippen molar-refractivity contribution < 1.29 is 23.7 Å². The van der Waals surface area contributed by atoms with Gasteiger partial charge in [-0.25, -0.2) is 0 Å². The van der Waals surface area contributed by atoms with E-state index >= 15 is 0 Å². The maximum Gasteiger partial charge on any atom is 0.231 e. The van der Waals surface area contributed by atoms with Gasteiger partial charge in [-0.15, -0.1) is 0 Å². The molecule has 4 rings (SSSR count). The molecule has 0 aliphatic carbocycles. The van der Waals surface area contributed by atoms with Gasteiger partial charge in [-0.3, -0.25) is 0 Å². The van der Waals surface area contributed by atoms with Crippen molar-refractivity contribution >= 4 is 0 Å². The van der Waals surface area contributed by atoms with Crippen molar-refractivity contribution in [2.75, 3.05) is 20.5 Å². The number of hydrogen-bond acceptors (Lipinski definition) is 7. The molecule has 2 aromatic rings. The monoisotopic (exact) mass is 378 g/mol. The van der Waals surface area contributed by atoms with Crippen LogP contribution in [0.15, 0.2) is 54.4 Å². The molecule has 0 radical (unpaired) electrons. The van der Waals surface area contributed by atoms with E-state index in [4.69, 9.17) is 29.4 Å². The first-order valence-corrected chi connectivity index (χ1v) is 8.59. The van der Waals surface area contributed by atoms with Crippen LogP contribution in [0.3, 0.4) is 0 Å². The summed E-state index contributed by atoms with van der Waals surface area (Å²) in [7, 11) is 1.56. The lowest BCUT2D eigenvalue weighted by Crippen LogP contribution is -2.21. The minimum atomic E-state index is -0.439. The molecule has 142 valence electrons. The molecule has 0 saturated carbocycles. The summed E-state index contributed by atoms with van der Waals surface area (Å²) in [5, 5.41) is 9.72. The Morgan fingerprint density at radius 1 is 1.21 bits per heavy atom. The normalized spacial score (nSPS) is 16.6. The second kappa shape index (κ2) is 7.08. The molecule has 7 heteroatoms. The summed E-state index contributed by atoms with van der Waals surface area (Å²) in [4.78, 5) is 0. The molecule has 0 amide bonds. The van der Waals surface area contributed by atoms with E-state index in [-0.39, 0.29) is 12.7 Å². The average Bonchev–Trinajstić information content (AvgIpc) is 3.17. The van der Waals surface area contributed by atoms with Crippen molar-refractivity contribution in [2.24, 2.45) is 5.73 Å². The maximum absolute atomic E-state index is 9.72. The first-order valence-electron chi connectivity index (χ1n) is 8.59. The fourth-order valence-corrected chi connectivity index (χ4v) is 3.32. The van der Waals surface area contributed by atoms with E-state index in [9.17, 15) is 5.26 Å². The Hall–Kier alpha value is -3.79. The molecule has 0 bridgehead atoms. The van der Waals surface area contributed by atoms with Gasteiger partial charge in [0.15, 0.2) is 23.0 Å². The van der Waals surface area contributed by atoms with Crippen molar-refractivity contribution in [3.63, 3.8) is 0 Å². The maximum atomic E-state index is 9.72. The number of hydrogen-bond donors (Lipinski definition) is 1. The highest BCUT2D eigenvalue weighted by Crippen LogP contribution is 2.48. The standard InChI is InChI=1S/C21H18N2O5/c1-3-6-25-15-5-4-12(7-17(15)24-2)20-13-8-18-19(27-11-26-18)9-16(13)28-21(23)14(20)10-22/h3-5,7-9,20H,1,6,11,23H2,2H3/t20-/m1/s1.